The molecule has 1 aromatic carbocycles. The van der Waals surface area contributed by atoms with Crippen LogP contribution in [0.15, 0.2) is 53.2 Å². The molecule has 3 heterocycles. The topological polar surface area (TPSA) is 53.4 Å². The van der Waals surface area contributed by atoms with Crippen molar-refractivity contribution in [2.75, 3.05) is 18.0 Å². The lowest BCUT2D eigenvalue weighted by molar-refractivity contribution is 0.104. The number of nitrogens with zero attached hydrogens (tertiary/aromatic N) is 2. The van der Waals surface area contributed by atoms with Crippen molar-refractivity contribution in [1.29, 1.82) is 0 Å². The highest BCUT2D eigenvalue weighted by Gasteiger charge is 2.17. The molecule has 0 aliphatic carbocycles. The molecule has 0 atom stereocenters. The number of aliphatic hydroxyl groups is 1. The number of ketones is 1. The van der Waals surface area contributed by atoms with Gasteiger partial charge in [-0.05, 0) is 60.7 Å². The van der Waals surface area contributed by atoms with Gasteiger partial charge in [-0.1, -0.05) is 6.07 Å². The number of carbonyl (C=O) groups excluding carboxylic acids is 1. The summed E-state index contributed by atoms with van der Waals surface area (Å²) in [5.74, 6) is -0.0266. The van der Waals surface area contributed by atoms with Crippen molar-refractivity contribution in [3.8, 4) is 9.88 Å². The summed E-state index contributed by atoms with van der Waals surface area (Å²) in [6, 6.07) is 11.8. The van der Waals surface area contributed by atoms with Gasteiger partial charge in [-0.15, -0.1) is 22.7 Å². The van der Waals surface area contributed by atoms with E-state index in [-0.39, 0.29) is 11.9 Å². The molecule has 2 aromatic heterocycles. The second kappa shape index (κ2) is 8.17. The largest absolute Gasteiger partial charge is 0.393 e. The van der Waals surface area contributed by atoms with Crippen LogP contribution in [-0.4, -0.2) is 35.1 Å². The highest BCUT2D eigenvalue weighted by molar-refractivity contribution is 7.20. The number of hydrogen-bond donors (Lipinski definition) is 1. The molecule has 138 valence electrons. The predicted molar refractivity (Wildman–Crippen MR) is 113 cm³/mol. The van der Waals surface area contributed by atoms with Gasteiger partial charge in [0.15, 0.2) is 5.78 Å². The molecule has 0 spiro atoms. The summed E-state index contributed by atoms with van der Waals surface area (Å²) in [6.45, 7) is 1.70. The fraction of sp³-hybridized carbons (Fsp3) is 0.238. The third kappa shape index (κ3) is 4.35. The molecule has 1 aliphatic rings. The zero-order chi connectivity index (χ0) is 18.6. The van der Waals surface area contributed by atoms with E-state index in [1.807, 2.05) is 47.2 Å². The summed E-state index contributed by atoms with van der Waals surface area (Å²) in [4.78, 5) is 20.4. The number of thiophene rings is 1. The monoisotopic (exact) mass is 396 g/mol. The van der Waals surface area contributed by atoms with E-state index < -0.39 is 0 Å². The minimum Gasteiger partial charge on any atom is -0.393 e. The van der Waals surface area contributed by atoms with Crippen LogP contribution in [0.25, 0.3) is 16.0 Å². The number of piperidine rings is 1. The van der Waals surface area contributed by atoms with Gasteiger partial charge >= 0.3 is 0 Å². The Morgan fingerprint density at radius 2 is 1.93 bits per heavy atom. The van der Waals surface area contributed by atoms with Crippen LogP contribution in [0, 0.1) is 0 Å². The highest BCUT2D eigenvalue weighted by atomic mass is 32.1. The molecule has 27 heavy (non-hydrogen) atoms. The number of rotatable bonds is 5. The Labute approximate surface area is 166 Å². The number of allylic oxidation sites excluding steroid dienone is 1. The average Bonchev–Trinajstić information content (AvgIpc) is 3.38. The van der Waals surface area contributed by atoms with Crippen LogP contribution in [0.4, 0.5) is 5.69 Å². The number of hydrogen-bond acceptors (Lipinski definition) is 6. The fourth-order valence-electron chi connectivity index (χ4n) is 3.09. The molecule has 3 aromatic rings. The second-order valence-corrected chi connectivity index (χ2v) is 8.32. The van der Waals surface area contributed by atoms with Crippen molar-refractivity contribution >= 4 is 40.2 Å². The van der Waals surface area contributed by atoms with Crippen LogP contribution in [0.5, 0.6) is 0 Å². The van der Waals surface area contributed by atoms with Gasteiger partial charge < -0.3 is 10.0 Å². The van der Waals surface area contributed by atoms with Gasteiger partial charge in [-0.3, -0.25) is 4.79 Å². The molecule has 1 aliphatic heterocycles. The normalized spacial score (nSPS) is 15.5. The molecule has 1 saturated heterocycles. The number of carbonyl (C=O) groups is 1. The number of aromatic nitrogens is 1. The molecule has 4 rings (SSSR count). The summed E-state index contributed by atoms with van der Waals surface area (Å²) in [7, 11) is 0. The Kier molecular flexibility index (Phi) is 5.48. The van der Waals surface area contributed by atoms with Crippen LogP contribution in [0.1, 0.15) is 28.9 Å². The van der Waals surface area contributed by atoms with E-state index in [1.165, 1.54) is 0 Å². The number of aliphatic hydroxyl groups excluding tert-OH is 1. The molecule has 0 unspecified atom stereocenters. The number of anilines is 1. The molecule has 1 fully saturated rings. The molecule has 0 saturated carbocycles. The van der Waals surface area contributed by atoms with Crippen molar-refractivity contribution in [1.82, 2.24) is 4.98 Å². The van der Waals surface area contributed by atoms with Gasteiger partial charge in [0.25, 0.3) is 0 Å². The van der Waals surface area contributed by atoms with E-state index in [0.717, 1.165) is 47.2 Å². The second-order valence-electron chi connectivity index (χ2n) is 6.52. The Bertz CT molecular complexity index is 922. The van der Waals surface area contributed by atoms with Crippen molar-refractivity contribution in [3.63, 3.8) is 0 Å². The van der Waals surface area contributed by atoms with Crippen LogP contribution in [-0.2, 0) is 0 Å². The zero-order valence-electron chi connectivity index (χ0n) is 14.7. The van der Waals surface area contributed by atoms with E-state index in [4.69, 9.17) is 0 Å². The summed E-state index contributed by atoms with van der Waals surface area (Å²) in [6.07, 6.45) is 4.77. The SMILES string of the molecule is O=C(/C=C/c1csc(-c2cccs2)n1)c1ccc(N2CCC(O)CC2)cc1. The molecule has 0 bridgehead atoms. The predicted octanol–water partition coefficient (Wildman–Crippen LogP) is 4.73. The summed E-state index contributed by atoms with van der Waals surface area (Å²) in [5.41, 5.74) is 2.57. The average molecular weight is 397 g/mol. The summed E-state index contributed by atoms with van der Waals surface area (Å²) < 4.78 is 0. The van der Waals surface area contributed by atoms with E-state index in [0.29, 0.717) is 5.56 Å². The summed E-state index contributed by atoms with van der Waals surface area (Å²) >= 11 is 3.25. The van der Waals surface area contributed by atoms with Gasteiger partial charge in [0.2, 0.25) is 0 Å². The molecule has 6 heteroatoms. The maximum absolute atomic E-state index is 12.4. The van der Waals surface area contributed by atoms with Crippen molar-refractivity contribution in [2.45, 2.75) is 18.9 Å². The minimum absolute atomic E-state index is 0.0266. The Morgan fingerprint density at radius 3 is 2.63 bits per heavy atom. The molecular formula is C21H20N2O2S2. The van der Waals surface area contributed by atoms with Crippen LogP contribution < -0.4 is 4.90 Å². The maximum Gasteiger partial charge on any atom is 0.185 e. The Morgan fingerprint density at radius 1 is 1.15 bits per heavy atom. The van der Waals surface area contributed by atoms with Gasteiger partial charge in [0, 0.05) is 29.7 Å². The van der Waals surface area contributed by atoms with Crippen molar-refractivity contribution < 1.29 is 9.90 Å². The van der Waals surface area contributed by atoms with Crippen molar-refractivity contribution in [2.24, 2.45) is 0 Å². The fourth-order valence-corrected chi connectivity index (χ4v) is 4.70. The third-order valence-electron chi connectivity index (χ3n) is 4.64. The Hall–Kier alpha value is -2.28. The smallest absolute Gasteiger partial charge is 0.185 e. The zero-order valence-corrected chi connectivity index (χ0v) is 16.4. The van der Waals surface area contributed by atoms with E-state index in [9.17, 15) is 9.90 Å². The van der Waals surface area contributed by atoms with Gasteiger partial charge in [0.05, 0.1) is 16.7 Å². The van der Waals surface area contributed by atoms with E-state index in [2.05, 4.69) is 9.88 Å². The van der Waals surface area contributed by atoms with E-state index in [1.54, 1.807) is 34.8 Å². The first-order chi connectivity index (χ1) is 13.2. The molecular weight excluding hydrogens is 376 g/mol. The quantitative estimate of drug-likeness (QED) is 0.500. The van der Waals surface area contributed by atoms with Crippen LogP contribution in [0.3, 0.4) is 0 Å². The lowest BCUT2D eigenvalue weighted by Gasteiger charge is -2.31. The first-order valence-electron chi connectivity index (χ1n) is 8.94. The van der Waals surface area contributed by atoms with Gasteiger partial charge in [0.1, 0.15) is 5.01 Å². The summed E-state index contributed by atoms with van der Waals surface area (Å²) in [5, 5.41) is 14.6. The van der Waals surface area contributed by atoms with Gasteiger partial charge in [-0.2, -0.15) is 0 Å². The molecule has 1 N–H and O–H groups in total. The standard InChI is InChI=1S/C21H20N2O2S2/c24-18-9-11-23(12-10-18)17-6-3-15(4-7-17)19(25)8-5-16-14-27-21(22-16)20-2-1-13-26-20/h1-8,13-14,18,24H,9-12H2/b8-5+. The van der Waals surface area contributed by atoms with Crippen LogP contribution in [0.2, 0.25) is 0 Å². The number of thiazole rings is 1. The van der Waals surface area contributed by atoms with Crippen LogP contribution >= 0.6 is 22.7 Å². The maximum atomic E-state index is 12.4. The third-order valence-corrected chi connectivity index (χ3v) is 6.54. The lowest BCUT2D eigenvalue weighted by Crippen LogP contribution is -2.35. The van der Waals surface area contributed by atoms with Gasteiger partial charge in [-0.25, -0.2) is 4.98 Å². The first-order valence-corrected chi connectivity index (χ1v) is 10.7. The Balaban J connectivity index is 1.40. The number of benzene rings is 1. The molecule has 0 radical (unpaired) electrons. The minimum atomic E-state index is -0.182. The van der Waals surface area contributed by atoms with E-state index >= 15 is 0 Å². The highest BCUT2D eigenvalue weighted by Crippen LogP contribution is 2.28. The lowest BCUT2D eigenvalue weighted by atomic mass is 10.1. The molecule has 0 amide bonds. The van der Waals surface area contributed by atoms with Crippen molar-refractivity contribution in [3.05, 3.63) is 64.5 Å². The first kappa shape index (κ1) is 18.1. The molecule has 4 nitrogen and oxygen atoms in total.